The highest BCUT2D eigenvalue weighted by atomic mass is 16.2. The summed E-state index contributed by atoms with van der Waals surface area (Å²) < 4.78 is 0. The molecule has 0 radical (unpaired) electrons. The van der Waals surface area contributed by atoms with Gasteiger partial charge in [-0.25, -0.2) is 0 Å². The van der Waals surface area contributed by atoms with E-state index in [2.05, 4.69) is 6.92 Å². The Morgan fingerprint density at radius 2 is 1.95 bits per heavy atom. The quantitative estimate of drug-likeness (QED) is 0.865. The molecule has 0 aromatic heterocycles. The van der Waals surface area contributed by atoms with E-state index in [1.54, 1.807) is 25.1 Å². The summed E-state index contributed by atoms with van der Waals surface area (Å²) in [6.45, 7) is 3.67. The Balaban J connectivity index is 2.13. The van der Waals surface area contributed by atoms with Crippen LogP contribution in [0.3, 0.4) is 0 Å². The molecule has 4 N–H and O–H groups in total. The number of nitrogens with two attached hydrogens (primary N) is 2. The number of fused-ring (bicyclic) bond motifs is 1. The molecule has 1 saturated carbocycles. The number of rotatable bonds is 2. The van der Waals surface area contributed by atoms with E-state index in [1.165, 1.54) is 0 Å². The monoisotopic (exact) mass is 287 g/mol. The SMILES string of the molecule is CC(=O)N1c2ccc(C(N)=O)cc2[C@H](N)[C@@H](C)[C@@H]1C1CC1. The topological polar surface area (TPSA) is 89.4 Å². The van der Waals surface area contributed by atoms with Crippen LogP contribution in [0.2, 0.25) is 0 Å². The van der Waals surface area contributed by atoms with Crippen molar-refractivity contribution in [2.45, 2.75) is 38.8 Å². The number of hydrogen-bond acceptors (Lipinski definition) is 3. The summed E-state index contributed by atoms with van der Waals surface area (Å²) in [6, 6.07) is 5.18. The predicted molar refractivity (Wildman–Crippen MR) is 80.7 cm³/mol. The summed E-state index contributed by atoms with van der Waals surface area (Å²) in [5.74, 6) is 0.256. The molecule has 1 fully saturated rings. The highest BCUT2D eigenvalue weighted by molar-refractivity contribution is 5.97. The van der Waals surface area contributed by atoms with Crippen molar-refractivity contribution in [3.63, 3.8) is 0 Å². The largest absolute Gasteiger partial charge is 0.366 e. The molecule has 0 bridgehead atoms. The van der Waals surface area contributed by atoms with Gasteiger partial charge in [0.25, 0.3) is 0 Å². The minimum atomic E-state index is -0.476. The van der Waals surface area contributed by atoms with Gasteiger partial charge < -0.3 is 16.4 Å². The first kappa shape index (κ1) is 14.1. The van der Waals surface area contributed by atoms with Crippen LogP contribution in [0.5, 0.6) is 0 Å². The molecule has 5 nitrogen and oxygen atoms in total. The van der Waals surface area contributed by atoms with Crippen LogP contribution < -0.4 is 16.4 Å². The van der Waals surface area contributed by atoms with Crippen LogP contribution in [0.1, 0.15) is 48.7 Å². The maximum absolute atomic E-state index is 12.2. The van der Waals surface area contributed by atoms with Gasteiger partial charge in [-0.2, -0.15) is 0 Å². The van der Waals surface area contributed by atoms with Crippen molar-refractivity contribution in [3.8, 4) is 0 Å². The normalized spacial score (nSPS) is 28.1. The smallest absolute Gasteiger partial charge is 0.248 e. The third-order valence-electron chi connectivity index (χ3n) is 4.78. The molecule has 1 aliphatic heterocycles. The van der Waals surface area contributed by atoms with E-state index in [4.69, 9.17) is 11.5 Å². The van der Waals surface area contributed by atoms with E-state index in [1.807, 2.05) is 4.90 Å². The number of benzene rings is 1. The van der Waals surface area contributed by atoms with Gasteiger partial charge >= 0.3 is 0 Å². The Kier molecular flexibility index (Phi) is 3.24. The maximum atomic E-state index is 12.2. The molecule has 3 atom stereocenters. The van der Waals surface area contributed by atoms with Gasteiger partial charge in [-0.05, 0) is 48.4 Å². The molecular weight excluding hydrogens is 266 g/mol. The summed E-state index contributed by atoms with van der Waals surface area (Å²) in [5, 5.41) is 0. The number of primary amides is 1. The molecule has 2 aliphatic rings. The van der Waals surface area contributed by atoms with Crippen molar-refractivity contribution in [2.75, 3.05) is 4.90 Å². The molecule has 1 aliphatic carbocycles. The molecule has 0 saturated heterocycles. The summed E-state index contributed by atoms with van der Waals surface area (Å²) in [5.41, 5.74) is 13.8. The summed E-state index contributed by atoms with van der Waals surface area (Å²) in [6.07, 6.45) is 2.31. The second kappa shape index (κ2) is 4.84. The first-order valence-electron chi connectivity index (χ1n) is 7.41. The van der Waals surface area contributed by atoms with Gasteiger partial charge in [0.2, 0.25) is 11.8 Å². The fourth-order valence-electron chi connectivity index (χ4n) is 3.54. The first-order valence-corrected chi connectivity index (χ1v) is 7.41. The average molecular weight is 287 g/mol. The number of carbonyl (C=O) groups excluding carboxylic acids is 2. The lowest BCUT2D eigenvalue weighted by Gasteiger charge is -2.44. The molecule has 1 aromatic carbocycles. The highest BCUT2D eigenvalue weighted by Gasteiger charge is 2.46. The van der Waals surface area contributed by atoms with E-state index in [0.29, 0.717) is 11.5 Å². The number of hydrogen-bond donors (Lipinski definition) is 2. The minimum Gasteiger partial charge on any atom is -0.366 e. The van der Waals surface area contributed by atoms with Crippen LogP contribution in [0, 0.1) is 11.8 Å². The maximum Gasteiger partial charge on any atom is 0.248 e. The van der Waals surface area contributed by atoms with Crippen LogP contribution in [-0.4, -0.2) is 17.9 Å². The third-order valence-corrected chi connectivity index (χ3v) is 4.78. The Morgan fingerprint density at radius 1 is 1.29 bits per heavy atom. The standard InChI is InChI=1S/C16H21N3O2/c1-8-14(17)12-7-11(16(18)21)5-6-13(12)19(9(2)20)15(8)10-3-4-10/h5-8,10,14-15H,3-4,17H2,1-2H3,(H2,18,21)/t8-,14-,15-/m1/s1. The van der Waals surface area contributed by atoms with Crippen molar-refractivity contribution in [2.24, 2.45) is 23.3 Å². The molecular formula is C16H21N3O2. The van der Waals surface area contributed by atoms with E-state index in [0.717, 1.165) is 24.1 Å². The minimum absolute atomic E-state index is 0.0266. The Labute approximate surface area is 124 Å². The lowest BCUT2D eigenvalue weighted by atomic mass is 9.80. The van der Waals surface area contributed by atoms with Crippen molar-refractivity contribution in [3.05, 3.63) is 29.3 Å². The number of amides is 2. The predicted octanol–water partition coefficient (Wildman–Crippen LogP) is 1.57. The lowest BCUT2D eigenvalue weighted by Crippen LogP contribution is -2.51. The zero-order chi connectivity index (χ0) is 15.3. The van der Waals surface area contributed by atoms with Crippen LogP contribution in [0.25, 0.3) is 0 Å². The van der Waals surface area contributed by atoms with Gasteiger partial charge in [0.05, 0.1) is 0 Å². The van der Waals surface area contributed by atoms with Crippen LogP contribution in [0.15, 0.2) is 18.2 Å². The Hall–Kier alpha value is -1.88. The van der Waals surface area contributed by atoms with Gasteiger partial charge in [-0.1, -0.05) is 6.92 Å². The van der Waals surface area contributed by atoms with Crippen LogP contribution in [-0.2, 0) is 4.79 Å². The van der Waals surface area contributed by atoms with Crippen LogP contribution >= 0.6 is 0 Å². The van der Waals surface area contributed by atoms with Gasteiger partial charge in [-0.15, -0.1) is 0 Å². The highest BCUT2D eigenvalue weighted by Crippen LogP contribution is 2.48. The lowest BCUT2D eigenvalue weighted by molar-refractivity contribution is -0.117. The second-order valence-corrected chi connectivity index (χ2v) is 6.24. The second-order valence-electron chi connectivity index (χ2n) is 6.24. The fraction of sp³-hybridized carbons (Fsp3) is 0.500. The average Bonchev–Trinajstić information content (AvgIpc) is 3.25. The van der Waals surface area contributed by atoms with Crippen molar-refractivity contribution >= 4 is 17.5 Å². The van der Waals surface area contributed by atoms with Gasteiger partial charge in [0, 0.05) is 30.3 Å². The molecule has 1 heterocycles. The van der Waals surface area contributed by atoms with E-state index in [9.17, 15) is 9.59 Å². The zero-order valence-corrected chi connectivity index (χ0v) is 12.4. The summed E-state index contributed by atoms with van der Waals surface area (Å²) in [4.78, 5) is 25.4. The Bertz CT molecular complexity index is 610. The van der Waals surface area contributed by atoms with Gasteiger partial charge in [0.1, 0.15) is 0 Å². The van der Waals surface area contributed by atoms with Crippen LogP contribution in [0.4, 0.5) is 5.69 Å². The summed E-state index contributed by atoms with van der Waals surface area (Å²) in [7, 11) is 0. The molecule has 1 aromatic rings. The summed E-state index contributed by atoms with van der Waals surface area (Å²) >= 11 is 0. The molecule has 21 heavy (non-hydrogen) atoms. The molecule has 0 unspecified atom stereocenters. The van der Waals surface area contributed by atoms with E-state index in [-0.39, 0.29) is 23.9 Å². The van der Waals surface area contributed by atoms with Crippen molar-refractivity contribution in [1.82, 2.24) is 0 Å². The third kappa shape index (κ3) is 2.21. The molecule has 5 heteroatoms. The first-order chi connectivity index (χ1) is 9.91. The number of nitrogens with zero attached hydrogens (tertiary/aromatic N) is 1. The van der Waals surface area contributed by atoms with Crippen molar-refractivity contribution in [1.29, 1.82) is 0 Å². The van der Waals surface area contributed by atoms with E-state index >= 15 is 0 Å². The molecule has 3 rings (SSSR count). The van der Waals surface area contributed by atoms with Crippen molar-refractivity contribution < 1.29 is 9.59 Å². The van der Waals surface area contributed by atoms with Gasteiger partial charge in [-0.3, -0.25) is 9.59 Å². The zero-order valence-electron chi connectivity index (χ0n) is 12.4. The fourth-order valence-corrected chi connectivity index (χ4v) is 3.54. The molecule has 0 spiro atoms. The van der Waals surface area contributed by atoms with Gasteiger partial charge in [0.15, 0.2) is 0 Å². The Morgan fingerprint density at radius 3 is 2.48 bits per heavy atom. The number of anilines is 1. The molecule has 2 amide bonds. The molecule has 112 valence electrons. The van der Waals surface area contributed by atoms with E-state index < -0.39 is 5.91 Å². The number of carbonyl (C=O) groups is 2.